The van der Waals surface area contributed by atoms with E-state index in [2.05, 4.69) is 4.18 Å². The Labute approximate surface area is 148 Å². The number of hydrogen-bond acceptors (Lipinski definition) is 5. The van der Waals surface area contributed by atoms with Crippen LogP contribution in [0.5, 0.6) is 11.5 Å². The molecule has 0 aliphatic carbocycles. The van der Waals surface area contributed by atoms with E-state index in [1.165, 1.54) is 12.1 Å². The Bertz CT molecular complexity index is 870. The van der Waals surface area contributed by atoms with Crippen molar-refractivity contribution >= 4 is 15.9 Å². The number of ether oxygens (including phenoxy) is 1. The fraction of sp³-hybridized carbons (Fsp3) is 0.235. The molecule has 0 fully saturated rings. The molecule has 0 radical (unpaired) electrons. The number of alkyl halides is 3. The molecule has 2 aromatic rings. The third kappa shape index (κ3) is 4.75. The molecule has 0 amide bonds. The minimum atomic E-state index is -5.75. The van der Waals surface area contributed by atoms with Crippen molar-refractivity contribution in [2.75, 3.05) is 0 Å². The summed E-state index contributed by atoms with van der Waals surface area (Å²) in [6.45, 7) is 3.73. The first-order valence-corrected chi connectivity index (χ1v) is 8.82. The first kappa shape index (κ1) is 19.8. The maximum atomic E-state index is 12.4. The highest BCUT2D eigenvalue weighted by atomic mass is 32.2. The molecule has 0 aliphatic rings. The van der Waals surface area contributed by atoms with Crippen LogP contribution in [0.3, 0.4) is 0 Å². The van der Waals surface area contributed by atoms with Crippen molar-refractivity contribution in [1.82, 2.24) is 0 Å². The zero-order valence-corrected chi connectivity index (χ0v) is 14.6. The monoisotopic (exact) mass is 388 g/mol. The minimum absolute atomic E-state index is 0.0166. The molecule has 0 bridgehead atoms. The van der Waals surface area contributed by atoms with Crippen molar-refractivity contribution in [2.24, 2.45) is 0 Å². The van der Waals surface area contributed by atoms with Gasteiger partial charge in [-0.25, -0.2) is 0 Å². The predicted octanol–water partition coefficient (Wildman–Crippen LogP) is 3.93. The first-order chi connectivity index (χ1) is 12.0. The SMILES string of the molecule is CC(C)Oc1ccc(C(=O)c2ccc(OS(=O)(=O)C(F)(F)F)cc2)cc1. The molecule has 2 rings (SSSR count). The van der Waals surface area contributed by atoms with Gasteiger partial charge in [0.15, 0.2) is 5.78 Å². The average molecular weight is 388 g/mol. The molecule has 26 heavy (non-hydrogen) atoms. The molecule has 9 heteroatoms. The molecule has 0 unspecified atom stereocenters. The molecule has 0 N–H and O–H groups in total. The van der Waals surface area contributed by atoms with Gasteiger partial charge in [0.25, 0.3) is 0 Å². The average Bonchev–Trinajstić information content (AvgIpc) is 2.54. The van der Waals surface area contributed by atoms with Crippen LogP contribution in [-0.2, 0) is 10.1 Å². The maximum absolute atomic E-state index is 12.4. The van der Waals surface area contributed by atoms with Crippen molar-refractivity contribution in [2.45, 2.75) is 25.5 Å². The predicted molar refractivity (Wildman–Crippen MR) is 87.7 cm³/mol. The lowest BCUT2D eigenvalue weighted by Crippen LogP contribution is -2.28. The molecule has 0 spiro atoms. The van der Waals surface area contributed by atoms with Crippen LogP contribution in [0, 0.1) is 0 Å². The van der Waals surface area contributed by atoms with E-state index in [-0.39, 0.29) is 17.5 Å². The maximum Gasteiger partial charge on any atom is 0.534 e. The Balaban J connectivity index is 2.14. The Morgan fingerprint density at radius 2 is 1.31 bits per heavy atom. The second-order valence-electron chi connectivity index (χ2n) is 5.53. The Hall–Kier alpha value is -2.55. The fourth-order valence-electron chi connectivity index (χ4n) is 1.96. The zero-order chi connectivity index (χ0) is 19.5. The number of hydrogen-bond donors (Lipinski definition) is 0. The van der Waals surface area contributed by atoms with Crippen molar-refractivity contribution in [3.63, 3.8) is 0 Å². The molecule has 5 nitrogen and oxygen atoms in total. The highest BCUT2D eigenvalue weighted by Gasteiger charge is 2.48. The van der Waals surface area contributed by atoms with E-state index in [1.54, 1.807) is 24.3 Å². The molecule has 0 aliphatic heterocycles. The molecule has 0 saturated heterocycles. The van der Waals surface area contributed by atoms with Gasteiger partial charge < -0.3 is 8.92 Å². The fourth-order valence-corrected chi connectivity index (χ4v) is 2.42. The van der Waals surface area contributed by atoms with Gasteiger partial charge in [-0.1, -0.05) is 0 Å². The number of rotatable bonds is 6. The Morgan fingerprint density at radius 1 is 0.885 bits per heavy atom. The summed E-state index contributed by atoms with van der Waals surface area (Å²) in [5.41, 5.74) is -5.02. The van der Waals surface area contributed by atoms with Crippen LogP contribution in [-0.4, -0.2) is 25.8 Å². The molecule has 0 atom stereocenters. The summed E-state index contributed by atoms with van der Waals surface area (Å²) in [5.74, 6) is -0.330. The van der Waals surface area contributed by atoms with Crippen molar-refractivity contribution < 1.29 is 35.3 Å². The van der Waals surface area contributed by atoms with Crippen LogP contribution in [0.15, 0.2) is 48.5 Å². The lowest BCUT2D eigenvalue weighted by molar-refractivity contribution is -0.0500. The molecule has 0 saturated carbocycles. The number of ketones is 1. The molecular weight excluding hydrogens is 373 g/mol. The summed E-state index contributed by atoms with van der Waals surface area (Å²) in [6.07, 6.45) is -0.0166. The topological polar surface area (TPSA) is 69.7 Å². The molecule has 0 aromatic heterocycles. The second kappa shape index (κ2) is 7.36. The number of benzene rings is 2. The molecular formula is C17H15F3O5S. The largest absolute Gasteiger partial charge is 0.534 e. The number of carbonyl (C=O) groups excluding carboxylic acids is 1. The van der Waals surface area contributed by atoms with Gasteiger partial charge in [0.1, 0.15) is 11.5 Å². The van der Waals surface area contributed by atoms with E-state index in [1.807, 2.05) is 13.8 Å². The molecule has 140 valence electrons. The number of halogens is 3. The van der Waals surface area contributed by atoms with Crippen LogP contribution in [0.2, 0.25) is 0 Å². The van der Waals surface area contributed by atoms with Gasteiger partial charge >= 0.3 is 15.6 Å². The van der Waals surface area contributed by atoms with E-state index in [4.69, 9.17) is 4.74 Å². The van der Waals surface area contributed by atoms with E-state index in [0.717, 1.165) is 12.1 Å². The van der Waals surface area contributed by atoms with Crippen molar-refractivity contribution in [3.8, 4) is 11.5 Å². The highest BCUT2D eigenvalue weighted by Crippen LogP contribution is 2.27. The van der Waals surface area contributed by atoms with Crippen LogP contribution in [0.25, 0.3) is 0 Å². The van der Waals surface area contributed by atoms with E-state index < -0.39 is 21.4 Å². The standard InChI is InChI=1S/C17H15F3O5S/c1-11(2)24-14-7-3-12(4-8-14)16(21)13-5-9-15(10-6-13)25-26(22,23)17(18,19)20/h3-11H,1-2H3. The normalized spacial score (nSPS) is 12.1. The van der Waals surface area contributed by atoms with Gasteiger partial charge in [0.2, 0.25) is 0 Å². The summed E-state index contributed by atoms with van der Waals surface area (Å²) in [5, 5.41) is 0. The van der Waals surface area contributed by atoms with Gasteiger partial charge in [0.05, 0.1) is 6.10 Å². The van der Waals surface area contributed by atoms with Crippen LogP contribution in [0.4, 0.5) is 13.2 Å². The zero-order valence-electron chi connectivity index (χ0n) is 13.8. The van der Waals surface area contributed by atoms with E-state index >= 15 is 0 Å². The third-order valence-electron chi connectivity index (χ3n) is 3.09. The van der Waals surface area contributed by atoms with Gasteiger partial charge in [-0.05, 0) is 62.4 Å². The van der Waals surface area contributed by atoms with Crippen molar-refractivity contribution in [3.05, 3.63) is 59.7 Å². The Kier molecular flexibility index (Phi) is 5.60. The van der Waals surface area contributed by atoms with E-state index in [0.29, 0.717) is 11.3 Å². The summed E-state index contributed by atoms with van der Waals surface area (Å²) in [6, 6.07) is 10.7. The highest BCUT2D eigenvalue weighted by molar-refractivity contribution is 7.88. The summed E-state index contributed by atoms with van der Waals surface area (Å²) >= 11 is 0. The lowest BCUT2D eigenvalue weighted by atomic mass is 10.0. The van der Waals surface area contributed by atoms with Crippen LogP contribution < -0.4 is 8.92 Å². The van der Waals surface area contributed by atoms with Gasteiger partial charge in [-0.2, -0.15) is 21.6 Å². The molecule has 0 heterocycles. The summed E-state index contributed by atoms with van der Waals surface area (Å²) < 4.78 is 68.2. The molecule has 2 aromatic carbocycles. The summed E-state index contributed by atoms with van der Waals surface area (Å²) in [7, 11) is -5.75. The Morgan fingerprint density at radius 3 is 1.69 bits per heavy atom. The summed E-state index contributed by atoms with van der Waals surface area (Å²) in [4.78, 5) is 12.4. The number of carbonyl (C=O) groups is 1. The lowest BCUT2D eigenvalue weighted by Gasteiger charge is -2.10. The smallest absolute Gasteiger partial charge is 0.491 e. The quantitative estimate of drug-likeness (QED) is 0.426. The van der Waals surface area contributed by atoms with Crippen LogP contribution in [0.1, 0.15) is 29.8 Å². The van der Waals surface area contributed by atoms with Crippen LogP contribution >= 0.6 is 0 Å². The van der Waals surface area contributed by atoms with Gasteiger partial charge in [0, 0.05) is 11.1 Å². The van der Waals surface area contributed by atoms with E-state index in [9.17, 15) is 26.4 Å². The van der Waals surface area contributed by atoms with Gasteiger partial charge in [-0.3, -0.25) is 4.79 Å². The second-order valence-corrected chi connectivity index (χ2v) is 7.07. The third-order valence-corrected chi connectivity index (χ3v) is 4.07. The van der Waals surface area contributed by atoms with Gasteiger partial charge in [-0.15, -0.1) is 0 Å². The first-order valence-electron chi connectivity index (χ1n) is 7.42. The van der Waals surface area contributed by atoms with Crippen molar-refractivity contribution in [1.29, 1.82) is 0 Å². The minimum Gasteiger partial charge on any atom is -0.491 e.